The van der Waals surface area contributed by atoms with Gasteiger partial charge in [0.05, 0.1) is 12.0 Å². The van der Waals surface area contributed by atoms with Crippen molar-refractivity contribution in [2.75, 3.05) is 0 Å². The van der Waals surface area contributed by atoms with E-state index < -0.39 is 18.2 Å². The standard InChI is InChI=1S/C6H10F3O/c1-4(3-5(2)10)6(7,8)9/h4-5H,3H2,1-2H3. The highest BCUT2D eigenvalue weighted by Crippen LogP contribution is 2.28. The van der Waals surface area contributed by atoms with Crippen LogP contribution in [-0.4, -0.2) is 12.3 Å². The van der Waals surface area contributed by atoms with Crippen molar-refractivity contribution in [3.05, 3.63) is 0 Å². The Labute approximate surface area is 57.9 Å². The predicted molar refractivity (Wildman–Crippen MR) is 30.0 cm³/mol. The van der Waals surface area contributed by atoms with Crippen LogP contribution in [-0.2, 0) is 5.11 Å². The van der Waals surface area contributed by atoms with Crippen LogP contribution in [0.2, 0.25) is 0 Å². The molecule has 4 heteroatoms. The molecule has 0 aliphatic heterocycles. The highest BCUT2D eigenvalue weighted by molar-refractivity contribution is 4.64. The van der Waals surface area contributed by atoms with Crippen molar-refractivity contribution in [3.8, 4) is 0 Å². The molecule has 0 aromatic rings. The molecule has 0 aromatic heterocycles. The Balaban J connectivity index is 3.73. The van der Waals surface area contributed by atoms with Crippen molar-refractivity contribution in [3.63, 3.8) is 0 Å². The minimum atomic E-state index is -4.21. The summed E-state index contributed by atoms with van der Waals surface area (Å²) in [4.78, 5) is 0. The van der Waals surface area contributed by atoms with Crippen LogP contribution in [0.4, 0.5) is 13.2 Å². The van der Waals surface area contributed by atoms with Crippen LogP contribution in [0.15, 0.2) is 0 Å². The Morgan fingerprint density at radius 2 is 1.70 bits per heavy atom. The summed E-state index contributed by atoms with van der Waals surface area (Å²) in [7, 11) is 0. The zero-order valence-corrected chi connectivity index (χ0v) is 5.90. The zero-order valence-electron chi connectivity index (χ0n) is 5.90. The van der Waals surface area contributed by atoms with Crippen molar-refractivity contribution < 1.29 is 18.3 Å². The van der Waals surface area contributed by atoms with Gasteiger partial charge in [0.15, 0.2) is 0 Å². The normalized spacial score (nSPS) is 18.6. The molecular weight excluding hydrogens is 145 g/mol. The fraction of sp³-hybridized carbons (Fsp3) is 1.00. The maximum atomic E-state index is 11.7. The van der Waals surface area contributed by atoms with E-state index in [1.54, 1.807) is 0 Å². The van der Waals surface area contributed by atoms with Gasteiger partial charge in [0.25, 0.3) is 0 Å². The summed E-state index contributed by atoms with van der Waals surface area (Å²) in [6.45, 7) is 2.26. The minimum absolute atomic E-state index is 0.330. The second-order valence-corrected chi connectivity index (χ2v) is 2.49. The maximum absolute atomic E-state index is 11.7. The summed E-state index contributed by atoms with van der Waals surface area (Å²) >= 11 is 0. The van der Waals surface area contributed by atoms with Gasteiger partial charge in [-0.3, -0.25) is 0 Å². The monoisotopic (exact) mass is 155 g/mol. The van der Waals surface area contributed by atoms with Crippen LogP contribution in [0.5, 0.6) is 0 Å². The van der Waals surface area contributed by atoms with Crippen molar-refractivity contribution >= 4 is 0 Å². The number of halogens is 3. The summed E-state index contributed by atoms with van der Waals surface area (Å²) in [5.41, 5.74) is 0. The molecule has 10 heavy (non-hydrogen) atoms. The molecule has 0 N–H and O–H groups in total. The first-order chi connectivity index (χ1) is 4.34. The molecule has 1 nitrogen and oxygen atoms in total. The molecule has 0 fully saturated rings. The molecule has 0 saturated carbocycles. The van der Waals surface area contributed by atoms with Crippen LogP contribution in [0.25, 0.3) is 0 Å². The SMILES string of the molecule is CC([O])CC(C)C(F)(F)F. The number of hydrogen-bond acceptors (Lipinski definition) is 0. The second kappa shape index (κ2) is 3.23. The lowest BCUT2D eigenvalue weighted by Gasteiger charge is -2.15. The third-order valence-electron chi connectivity index (χ3n) is 1.24. The first-order valence-corrected chi connectivity index (χ1v) is 3.06. The maximum Gasteiger partial charge on any atom is 0.391 e. The first-order valence-electron chi connectivity index (χ1n) is 3.06. The highest BCUT2D eigenvalue weighted by Gasteiger charge is 2.36. The first kappa shape index (κ1) is 9.75. The summed E-state index contributed by atoms with van der Waals surface area (Å²) < 4.78 is 35.0. The van der Waals surface area contributed by atoms with Crippen LogP contribution in [0, 0.1) is 5.92 Å². The van der Waals surface area contributed by atoms with Crippen molar-refractivity contribution in [2.24, 2.45) is 5.92 Å². The molecule has 2 atom stereocenters. The quantitative estimate of drug-likeness (QED) is 0.583. The predicted octanol–water partition coefficient (Wildman–Crippen LogP) is 2.39. The number of hydrogen-bond donors (Lipinski definition) is 0. The van der Waals surface area contributed by atoms with E-state index in [-0.39, 0.29) is 6.42 Å². The van der Waals surface area contributed by atoms with E-state index in [0.717, 1.165) is 6.92 Å². The average molecular weight is 155 g/mol. The Morgan fingerprint density at radius 1 is 1.30 bits per heavy atom. The molecule has 0 rings (SSSR count). The fourth-order valence-corrected chi connectivity index (χ4v) is 0.632. The van der Waals surface area contributed by atoms with Crippen LogP contribution in [0.3, 0.4) is 0 Å². The van der Waals surface area contributed by atoms with Gasteiger partial charge in [-0.05, 0) is 13.3 Å². The molecule has 0 aliphatic rings. The van der Waals surface area contributed by atoms with Gasteiger partial charge in [-0.25, -0.2) is 5.11 Å². The van der Waals surface area contributed by atoms with Crippen molar-refractivity contribution in [1.29, 1.82) is 0 Å². The minimum Gasteiger partial charge on any atom is -0.233 e. The van der Waals surface area contributed by atoms with E-state index in [1.165, 1.54) is 6.92 Å². The van der Waals surface area contributed by atoms with Gasteiger partial charge in [-0.1, -0.05) is 6.92 Å². The lowest BCUT2D eigenvalue weighted by Crippen LogP contribution is -2.22. The Hall–Kier alpha value is -0.250. The molecule has 0 heterocycles. The Kier molecular flexibility index (Phi) is 3.15. The topological polar surface area (TPSA) is 19.9 Å². The summed E-state index contributed by atoms with van der Waals surface area (Å²) in [5.74, 6) is -1.47. The second-order valence-electron chi connectivity index (χ2n) is 2.49. The molecule has 2 unspecified atom stereocenters. The van der Waals surface area contributed by atoms with Crippen LogP contribution in [0.1, 0.15) is 20.3 Å². The molecule has 0 amide bonds. The van der Waals surface area contributed by atoms with Gasteiger partial charge in [-0.2, -0.15) is 13.2 Å². The van der Waals surface area contributed by atoms with E-state index >= 15 is 0 Å². The molecule has 61 valence electrons. The number of alkyl halides is 3. The fourth-order valence-electron chi connectivity index (χ4n) is 0.632. The van der Waals surface area contributed by atoms with Crippen LogP contribution >= 0.6 is 0 Å². The van der Waals surface area contributed by atoms with E-state index in [2.05, 4.69) is 0 Å². The third kappa shape index (κ3) is 3.71. The lowest BCUT2D eigenvalue weighted by molar-refractivity contribution is -0.177. The summed E-state index contributed by atoms with van der Waals surface area (Å²) in [6.07, 6.45) is -5.67. The molecule has 0 aliphatic carbocycles. The Morgan fingerprint density at radius 3 is 1.80 bits per heavy atom. The van der Waals surface area contributed by atoms with Gasteiger partial charge in [0, 0.05) is 0 Å². The third-order valence-corrected chi connectivity index (χ3v) is 1.24. The Bertz CT molecular complexity index is 97.7. The molecule has 0 saturated heterocycles. The van der Waals surface area contributed by atoms with E-state index in [4.69, 9.17) is 0 Å². The van der Waals surface area contributed by atoms with Gasteiger partial charge >= 0.3 is 6.18 Å². The van der Waals surface area contributed by atoms with Crippen molar-refractivity contribution in [2.45, 2.75) is 32.5 Å². The van der Waals surface area contributed by atoms with E-state index in [0.29, 0.717) is 0 Å². The largest absolute Gasteiger partial charge is 0.391 e. The van der Waals surface area contributed by atoms with Gasteiger partial charge in [-0.15, -0.1) is 0 Å². The van der Waals surface area contributed by atoms with Gasteiger partial charge in [0.1, 0.15) is 0 Å². The summed E-state index contributed by atoms with van der Waals surface area (Å²) in [6, 6.07) is 0. The average Bonchev–Trinajstić information content (AvgIpc) is 1.60. The molecular formula is C6H10F3O. The van der Waals surface area contributed by atoms with E-state index in [1.807, 2.05) is 0 Å². The van der Waals surface area contributed by atoms with Gasteiger partial charge < -0.3 is 0 Å². The number of rotatable bonds is 2. The van der Waals surface area contributed by atoms with Gasteiger partial charge in [0.2, 0.25) is 0 Å². The zero-order chi connectivity index (χ0) is 8.36. The van der Waals surface area contributed by atoms with Crippen LogP contribution < -0.4 is 0 Å². The highest BCUT2D eigenvalue weighted by atomic mass is 19.4. The summed E-state index contributed by atoms with van der Waals surface area (Å²) in [5, 5.41) is 10.3. The lowest BCUT2D eigenvalue weighted by atomic mass is 10.0. The smallest absolute Gasteiger partial charge is 0.233 e. The molecule has 0 bridgehead atoms. The molecule has 1 radical (unpaired) electrons. The van der Waals surface area contributed by atoms with Crippen molar-refractivity contribution in [1.82, 2.24) is 0 Å². The molecule has 0 spiro atoms. The molecule has 0 aromatic carbocycles. The van der Waals surface area contributed by atoms with E-state index in [9.17, 15) is 18.3 Å².